The van der Waals surface area contributed by atoms with Crippen LogP contribution in [0.2, 0.25) is 0 Å². The zero-order valence-corrected chi connectivity index (χ0v) is 21.0. The summed E-state index contributed by atoms with van der Waals surface area (Å²) in [6.45, 7) is 3.80. The molecule has 186 valence electrons. The van der Waals surface area contributed by atoms with Crippen LogP contribution >= 0.6 is 11.3 Å². The highest BCUT2D eigenvalue weighted by Gasteiger charge is 2.24. The molecule has 12 heteroatoms. The third-order valence-corrected chi connectivity index (χ3v) is 6.65. The number of nitrogens with one attached hydrogen (secondary N) is 2. The van der Waals surface area contributed by atoms with Crippen molar-refractivity contribution in [2.24, 2.45) is 0 Å². The van der Waals surface area contributed by atoms with E-state index in [2.05, 4.69) is 35.6 Å². The molecule has 4 heterocycles. The minimum atomic E-state index is -0.363. The van der Waals surface area contributed by atoms with Crippen molar-refractivity contribution in [1.82, 2.24) is 24.7 Å². The SMILES string of the molecule is COc1cc(N2CCc3nc(NC(=O)Nc4cc(C)nn4Cc4ccccc4)sc3C2)nc(OC)n1. The molecule has 2 amide bonds. The zero-order chi connectivity index (χ0) is 25.1. The van der Waals surface area contributed by atoms with Gasteiger partial charge in [0.15, 0.2) is 5.13 Å². The predicted molar refractivity (Wildman–Crippen MR) is 137 cm³/mol. The van der Waals surface area contributed by atoms with E-state index < -0.39 is 0 Å². The fourth-order valence-corrected chi connectivity index (χ4v) is 4.98. The second-order valence-corrected chi connectivity index (χ2v) is 9.29. The Labute approximate surface area is 212 Å². The van der Waals surface area contributed by atoms with Crippen molar-refractivity contribution in [2.75, 3.05) is 36.3 Å². The maximum absolute atomic E-state index is 12.8. The van der Waals surface area contributed by atoms with Gasteiger partial charge >= 0.3 is 12.0 Å². The van der Waals surface area contributed by atoms with Crippen LogP contribution in [0.4, 0.5) is 21.6 Å². The molecule has 1 aliphatic heterocycles. The van der Waals surface area contributed by atoms with Gasteiger partial charge in [0.05, 0.1) is 38.7 Å². The fourth-order valence-electron chi connectivity index (χ4n) is 3.96. The maximum Gasteiger partial charge on any atom is 0.326 e. The van der Waals surface area contributed by atoms with Crippen LogP contribution in [0.3, 0.4) is 0 Å². The lowest BCUT2D eigenvalue weighted by Crippen LogP contribution is -2.30. The normalized spacial score (nSPS) is 12.7. The second-order valence-electron chi connectivity index (χ2n) is 8.21. The van der Waals surface area contributed by atoms with Crippen LogP contribution in [0, 0.1) is 6.92 Å². The number of aryl methyl sites for hydroxylation is 1. The Morgan fingerprint density at radius 3 is 2.69 bits per heavy atom. The van der Waals surface area contributed by atoms with Gasteiger partial charge in [-0.3, -0.25) is 10.6 Å². The van der Waals surface area contributed by atoms with E-state index in [9.17, 15) is 4.79 Å². The van der Waals surface area contributed by atoms with E-state index in [4.69, 9.17) is 9.47 Å². The highest BCUT2D eigenvalue weighted by Crippen LogP contribution is 2.31. The van der Waals surface area contributed by atoms with Crippen LogP contribution in [0.5, 0.6) is 11.9 Å². The van der Waals surface area contributed by atoms with Gasteiger partial charge in [-0.05, 0) is 12.5 Å². The fraction of sp³-hybridized carbons (Fsp3) is 0.292. The predicted octanol–water partition coefficient (Wildman–Crippen LogP) is 3.71. The quantitative estimate of drug-likeness (QED) is 0.389. The average Bonchev–Trinajstić information content (AvgIpc) is 3.45. The van der Waals surface area contributed by atoms with E-state index in [1.54, 1.807) is 17.9 Å². The number of benzene rings is 1. The van der Waals surface area contributed by atoms with Gasteiger partial charge < -0.3 is 14.4 Å². The molecule has 0 unspecified atom stereocenters. The zero-order valence-electron chi connectivity index (χ0n) is 20.2. The highest BCUT2D eigenvalue weighted by atomic mass is 32.1. The topological polar surface area (TPSA) is 119 Å². The number of ether oxygens (including phenoxy) is 2. The first kappa shape index (κ1) is 23.5. The molecule has 0 fully saturated rings. The first-order valence-electron chi connectivity index (χ1n) is 11.4. The van der Waals surface area contributed by atoms with Crippen molar-refractivity contribution >= 4 is 34.1 Å². The lowest BCUT2D eigenvalue weighted by atomic mass is 10.2. The summed E-state index contributed by atoms with van der Waals surface area (Å²) < 4.78 is 12.2. The minimum absolute atomic E-state index is 0.250. The lowest BCUT2D eigenvalue weighted by Gasteiger charge is -2.27. The van der Waals surface area contributed by atoms with E-state index >= 15 is 0 Å². The molecule has 1 aliphatic rings. The van der Waals surface area contributed by atoms with E-state index in [-0.39, 0.29) is 12.0 Å². The molecule has 2 N–H and O–H groups in total. The van der Waals surface area contributed by atoms with Gasteiger partial charge in [0.1, 0.15) is 11.6 Å². The van der Waals surface area contributed by atoms with Crippen LogP contribution in [-0.4, -0.2) is 51.5 Å². The number of hydrogen-bond donors (Lipinski definition) is 2. The summed E-state index contributed by atoms with van der Waals surface area (Å²) in [6, 6.07) is 13.5. The summed E-state index contributed by atoms with van der Waals surface area (Å²) >= 11 is 1.45. The highest BCUT2D eigenvalue weighted by molar-refractivity contribution is 7.15. The van der Waals surface area contributed by atoms with Crippen molar-refractivity contribution in [3.63, 3.8) is 0 Å². The van der Waals surface area contributed by atoms with E-state index in [1.807, 2.05) is 43.3 Å². The number of anilines is 3. The van der Waals surface area contributed by atoms with E-state index in [1.165, 1.54) is 18.4 Å². The van der Waals surface area contributed by atoms with Crippen molar-refractivity contribution in [2.45, 2.75) is 26.4 Å². The van der Waals surface area contributed by atoms with Crippen LogP contribution in [0.1, 0.15) is 21.8 Å². The molecule has 0 saturated heterocycles. The molecule has 5 rings (SSSR count). The Morgan fingerprint density at radius 1 is 1.08 bits per heavy atom. The van der Waals surface area contributed by atoms with Crippen LogP contribution in [-0.2, 0) is 19.5 Å². The van der Waals surface area contributed by atoms with Gasteiger partial charge in [-0.2, -0.15) is 15.1 Å². The molecule has 0 radical (unpaired) electrons. The average molecular weight is 507 g/mol. The van der Waals surface area contributed by atoms with Crippen LogP contribution < -0.4 is 25.0 Å². The van der Waals surface area contributed by atoms with Crippen molar-refractivity contribution in [3.05, 3.63) is 64.3 Å². The molecule has 4 aromatic rings. The number of carbonyl (C=O) groups is 1. The summed E-state index contributed by atoms with van der Waals surface area (Å²) in [6.07, 6.45) is 0.729. The van der Waals surface area contributed by atoms with E-state index in [0.29, 0.717) is 35.7 Å². The molecule has 36 heavy (non-hydrogen) atoms. The standard InChI is InChI=1S/C24H26N8O3S/c1-15-11-20(32(30-15)13-16-7-5-4-6-8-16)26-22(33)29-24-25-17-9-10-31(14-18(17)36-24)19-12-21(34-2)28-23(27-19)35-3/h4-8,11-12H,9-10,13-14H2,1-3H3,(H2,25,26,29,33). The Morgan fingerprint density at radius 2 is 1.92 bits per heavy atom. The molecular weight excluding hydrogens is 480 g/mol. The monoisotopic (exact) mass is 506 g/mol. The summed E-state index contributed by atoms with van der Waals surface area (Å²) in [4.78, 5) is 29.2. The van der Waals surface area contributed by atoms with Crippen molar-refractivity contribution in [3.8, 4) is 11.9 Å². The number of hydrogen-bond acceptors (Lipinski definition) is 9. The van der Waals surface area contributed by atoms with Crippen LogP contribution in [0.15, 0.2) is 42.5 Å². The van der Waals surface area contributed by atoms with Gasteiger partial charge in [0.25, 0.3) is 0 Å². The molecule has 3 aromatic heterocycles. The smallest absolute Gasteiger partial charge is 0.326 e. The number of nitrogens with zero attached hydrogens (tertiary/aromatic N) is 6. The molecule has 0 saturated carbocycles. The number of rotatable bonds is 7. The Kier molecular flexibility index (Phi) is 6.67. The van der Waals surface area contributed by atoms with Crippen molar-refractivity contribution < 1.29 is 14.3 Å². The molecule has 0 spiro atoms. The molecule has 0 aliphatic carbocycles. The first-order chi connectivity index (χ1) is 17.5. The lowest BCUT2D eigenvalue weighted by molar-refractivity contribution is 0.262. The Hall–Kier alpha value is -4.19. The molecule has 0 bridgehead atoms. The minimum Gasteiger partial charge on any atom is -0.481 e. The third kappa shape index (κ3) is 5.23. The summed E-state index contributed by atoms with van der Waals surface area (Å²) in [7, 11) is 3.08. The molecule has 1 aromatic carbocycles. The van der Waals surface area contributed by atoms with Gasteiger partial charge in [-0.15, -0.1) is 0 Å². The molecule has 0 atom stereocenters. The van der Waals surface area contributed by atoms with E-state index in [0.717, 1.165) is 34.8 Å². The largest absolute Gasteiger partial charge is 0.481 e. The number of aromatic nitrogens is 5. The number of carbonyl (C=O) groups excluding carboxylic acids is 1. The third-order valence-electron chi connectivity index (χ3n) is 5.65. The van der Waals surface area contributed by atoms with Crippen LogP contribution in [0.25, 0.3) is 0 Å². The van der Waals surface area contributed by atoms with Crippen molar-refractivity contribution in [1.29, 1.82) is 0 Å². The number of fused-ring (bicyclic) bond motifs is 1. The summed E-state index contributed by atoms with van der Waals surface area (Å²) in [5, 5.41) is 10.8. The maximum atomic E-state index is 12.8. The Bertz CT molecular complexity index is 1350. The van der Waals surface area contributed by atoms with Gasteiger partial charge in [-0.1, -0.05) is 41.7 Å². The number of amides is 2. The summed E-state index contributed by atoms with van der Waals surface area (Å²) in [5.74, 6) is 1.77. The number of urea groups is 1. The molecule has 11 nitrogen and oxygen atoms in total. The summed E-state index contributed by atoms with van der Waals surface area (Å²) in [5.41, 5.74) is 2.90. The second kappa shape index (κ2) is 10.2. The van der Waals surface area contributed by atoms with Gasteiger partial charge in [-0.25, -0.2) is 14.5 Å². The van der Waals surface area contributed by atoms with Gasteiger partial charge in [0, 0.05) is 30.0 Å². The molecular formula is C24H26N8O3S. The first-order valence-corrected chi connectivity index (χ1v) is 12.2. The number of methoxy groups -OCH3 is 2. The number of thiazole rings is 1. The van der Waals surface area contributed by atoms with Gasteiger partial charge in [0.2, 0.25) is 5.88 Å². The Balaban J connectivity index is 1.26.